The molecule has 0 radical (unpaired) electrons. The lowest BCUT2D eigenvalue weighted by molar-refractivity contribution is 0.400. The van der Waals surface area contributed by atoms with Gasteiger partial charge in [-0.25, -0.2) is 4.99 Å². The standard InChI is InChI=1S/C28H20N2O2/c1-31-22-14-11-21(12-15-22)26-24-16-13-20-9-5-6-10-23(20)27(24)32-28(25(26)17-29)30-18-19-7-3-2-4-8-19/h2-16,18,26H,1H3/b30-18+. The molecule has 4 nitrogen and oxygen atoms in total. The van der Waals surface area contributed by atoms with E-state index in [1.165, 1.54) is 0 Å². The van der Waals surface area contributed by atoms with Crippen LogP contribution in [0, 0.1) is 11.3 Å². The predicted octanol–water partition coefficient (Wildman–Crippen LogP) is 6.23. The molecule has 32 heavy (non-hydrogen) atoms. The van der Waals surface area contributed by atoms with Crippen LogP contribution < -0.4 is 9.47 Å². The first-order valence-electron chi connectivity index (χ1n) is 10.4. The number of nitrogens with zero attached hydrogens (tertiary/aromatic N) is 2. The van der Waals surface area contributed by atoms with Crippen molar-refractivity contribution in [3.63, 3.8) is 0 Å². The van der Waals surface area contributed by atoms with Crippen LogP contribution in [0.3, 0.4) is 0 Å². The Hall–Kier alpha value is -4.36. The van der Waals surface area contributed by atoms with Gasteiger partial charge in [0, 0.05) is 17.2 Å². The lowest BCUT2D eigenvalue weighted by Crippen LogP contribution is -2.16. The zero-order chi connectivity index (χ0) is 21.9. The van der Waals surface area contributed by atoms with Crippen molar-refractivity contribution in [2.75, 3.05) is 7.11 Å². The Labute approximate surface area is 186 Å². The van der Waals surface area contributed by atoms with Crippen molar-refractivity contribution in [1.29, 1.82) is 5.26 Å². The van der Waals surface area contributed by atoms with E-state index in [1.54, 1.807) is 13.3 Å². The van der Waals surface area contributed by atoms with E-state index < -0.39 is 0 Å². The molecule has 1 heterocycles. The monoisotopic (exact) mass is 416 g/mol. The van der Waals surface area contributed by atoms with E-state index in [-0.39, 0.29) is 5.92 Å². The fraction of sp³-hybridized carbons (Fsp3) is 0.0714. The molecular weight excluding hydrogens is 396 g/mol. The second-order valence-corrected chi connectivity index (χ2v) is 7.51. The summed E-state index contributed by atoms with van der Waals surface area (Å²) in [5.41, 5.74) is 3.34. The third-order valence-electron chi connectivity index (χ3n) is 5.64. The summed E-state index contributed by atoms with van der Waals surface area (Å²) in [5.74, 6) is 1.54. The quantitative estimate of drug-likeness (QED) is 0.371. The van der Waals surface area contributed by atoms with Crippen molar-refractivity contribution in [3.05, 3.63) is 119 Å². The number of fused-ring (bicyclic) bond motifs is 3. The van der Waals surface area contributed by atoms with Gasteiger partial charge in [0.05, 0.1) is 13.0 Å². The third kappa shape index (κ3) is 3.51. The summed E-state index contributed by atoms with van der Waals surface area (Å²) in [6, 6.07) is 32.1. The number of ether oxygens (including phenoxy) is 2. The van der Waals surface area contributed by atoms with Crippen LogP contribution in [0.15, 0.2) is 107 Å². The minimum atomic E-state index is -0.290. The first-order valence-corrected chi connectivity index (χ1v) is 10.4. The number of aliphatic imine (C=N–C) groups is 1. The topological polar surface area (TPSA) is 54.6 Å². The maximum absolute atomic E-state index is 10.1. The van der Waals surface area contributed by atoms with Crippen LogP contribution in [0.1, 0.15) is 22.6 Å². The lowest BCUT2D eigenvalue weighted by atomic mass is 9.82. The highest BCUT2D eigenvalue weighted by atomic mass is 16.5. The summed E-state index contributed by atoms with van der Waals surface area (Å²) in [6.07, 6.45) is 1.73. The Balaban J connectivity index is 1.71. The van der Waals surface area contributed by atoms with Crippen molar-refractivity contribution in [2.45, 2.75) is 5.92 Å². The van der Waals surface area contributed by atoms with E-state index in [0.717, 1.165) is 39.0 Å². The summed E-state index contributed by atoms with van der Waals surface area (Å²) in [4.78, 5) is 4.61. The molecule has 0 aromatic heterocycles. The Bertz CT molecular complexity index is 1380. The molecule has 5 rings (SSSR count). The molecule has 0 amide bonds. The van der Waals surface area contributed by atoms with Crippen LogP contribution in [0.25, 0.3) is 10.8 Å². The van der Waals surface area contributed by atoms with Gasteiger partial charge in [0.2, 0.25) is 5.88 Å². The molecule has 1 aliphatic heterocycles. The van der Waals surface area contributed by atoms with Gasteiger partial charge in [-0.05, 0) is 28.6 Å². The van der Waals surface area contributed by atoms with Crippen LogP contribution in [-0.4, -0.2) is 13.3 Å². The molecule has 0 spiro atoms. The first-order chi connectivity index (χ1) is 15.8. The second-order valence-electron chi connectivity index (χ2n) is 7.51. The third-order valence-corrected chi connectivity index (χ3v) is 5.64. The molecule has 0 saturated heterocycles. The van der Waals surface area contributed by atoms with Gasteiger partial charge in [0.15, 0.2) is 0 Å². The summed E-state index contributed by atoms with van der Waals surface area (Å²) < 4.78 is 11.6. The minimum absolute atomic E-state index is 0.290. The number of hydrogen-bond acceptors (Lipinski definition) is 4. The molecule has 0 fully saturated rings. The van der Waals surface area contributed by atoms with Gasteiger partial charge in [-0.1, -0.05) is 78.9 Å². The summed E-state index contributed by atoms with van der Waals surface area (Å²) in [6.45, 7) is 0. The minimum Gasteiger partial charge on any atom is -0.497 e. The van der Waals surface area contributed by atoms with Gasteiger partial charge in [0.25, 0.3) is 0 Å². The van der Waals surface area contributed by atoms with E-state index in [1.807, 2.05) is 78.9 Å². The van der Waals surface area contributed by atoms with E-state index in [9.17, 15) is 5.26 Å². The van der Waals surface area contributed by atoms with Gasteiger partial charge >= 0.3 is 0 Å². The molecule has 0 N–H and O–H groups in total. The van der Waals surface area contributed by atoms with Gasteiger partial charge in [-0.15, -0.1) is 0 Å². The Morgan fingerprint density at radius 3 is 2.41 bits per heavy atom. The van der Waals surface area contributed by atoms with E-state index in [0.29, 0.717) is 11.5 Å². The Morgan fingerprint density at radius 2 is 1.66 bits per heavy atom. The fourth-order valence-electron chi connectivity index (χ4n) is 4.05. The molecule has 1 atom stereocenters. The highest BCUT2D eigenvalue weighted by Crippen LogP contribution is 2.46. The predicted molar refractivity (Wildman–Crippen MR) is 126 cm³/mol. The Kier molecular flexibility index (Phi) is 5.15. The zero-order valence-electron chi connectivity index (χ0n) is 17.5. The van der Waals surface area contributed by atoms with Crippen LogP contribution in [0.4, 0.5) is 0 Å². The van der Waals surface area contributed by atoms with Crippen molar-refractivity contribution < 1.29 is 9.47 Å². The lowest BCUT2D eigenvalue weighted by Gasteiger charge is -2.27. The van der Waals surface area contributed by atoms with Crippen LogP contribution in [-0.2, 0) is 0 Å². The largest absolute Gasteiger partial charge is 0.497 e. The van der Waals surface area contributed by atoms with Gasteiger partial charge in [-0.3, -0.25) is 0 Å². The number of methoxy groups -OCH3 is 1. The van der Waals surface area contributed by atoms with Gasteiger partial charge in [-0.2, -0.15) is 5.26 Å². The van der Waals surface area contributed by atoms with E-state index in [4.69, 9.17) is 9.47 Å². The average molecular weight is 416 g/mol. The van der Waals surface area contributed by atoms with Crippen LogP contribution >= 0.6 is 0 Å². The highest BCUT2D eigenvalue weighted by Gasteiger charge is 2.32. The van der Waals surface area contributed by atoms with E-state index in [2.05, 4.69) is 23.2 Å². The number of rotatable bonds is 4. The maximum Gasteiger partial charge on any atom is 0.234 e. The van der Waals surface area contributed by atoms with Crippen LogP contribution in [0.2, 0.25) is 0 Å². The molecule has 0 bridgehead atoms. The molecule has 0 aliphatic carbocycles. The van der Waals surface area contributed by atoms with Crippen molar-refractivity contribution >= 4 is 17.0 Å². The van der Waals surface area contributed by atoms with Gasteiger partial charge < -0.3 is 9.47 Å². The maximum atomic E-state index is 10.1. The molecule has 4 aromatic rings. The molecule has 1 unspecified atom stereocenters. The molecule has 4 aromatic carbocycles. The van der Waals surface area contributed by atoms with Crippen LogP contribution in [0.5, 0.6) is 11.5 Å². The highest BCUT2D eigenvalue weighted by molar-refractivity contribution is 5.91. The summed E-state index contributed by atoms with van der Waals surface area (Å²) in [5, 5.41) is 12.2. The average Bonchev–Trinajstić information content (AvgIpc) is 2.87. The number of benzene rings is 4. The van der Waals surface area contributed by atoms with E-state index >= 15 is 0 Å². The zero-order valence-corrected chi connectivity index (χ0v) is 17.5. The number of hydrogen-bond donors (Lipinski definition) is 0. The van der Waals surface area contributed by atoms with Crippen molar-refractivity contribution in [3.8, 4) is 17.6 Å². The molecule has 0 saturated carbocycles. The molecular formula is C28H20N2O2. The normalized spacial score (nSPS) is 15.3. The molecule has 1 aliphatic rings. The van der Waals surface area contributed by atoms with Crippen molar-refractivity contribution in [2.24, 2.45) is 4.99 Å². The van der Waals surface area contributed by atoms with Gasteiger partial charge in [0.1, 0.15) is 23.1 Å². The molecule has 154 valence electrons. The SMILES string of the molecule is COc1ccc(C2C(C#N)=C(/N=C/c3ccccc3)Oc3c2ccc2ccccc32)cc1. The first kappa shape index (κ1) is 19.6. The number of nitriles is 1. The Morgan fingerprint density at radius 1 is 0.906 bits per heavy atom. The number of allylic oxidation sites excluding steroid dienone is 1. The molecule has 4 heteroatoms. The van der Waals surface area contributed by atoms with Crippen molar-refractivity contribution in [1.82, 2.24) is 0 Å². The smallest absolute Gasteiger partial charge is 0.234 e. The summed E-state index contributed by atoms with van der Waals surface area (Å²) >= 11 is 0. The summed E-state index contributed by atoms with van der Waals surface area (Å²) in [7, 11) is 1.64. The fourth-order valence-corrected chi connectivity index (χ4v) is 4.05. The second kappa shape index (κ2) is 8.41.